The Kier molecular flexibility index (Phi) is 3.75. The molecule has 0 N–H and O–H groups in total. The number of benzene rings is 1. The van der Waals surface area contributed by atoms with Gasteiger partial charge < -0.3 is 0 Å². The largest absolute Gasteiger partial charge is 0.261 e. The number of rotatable bonds is 4. The molecule has 1 aromatic carbocycles. The van der Waals surface area contributed by atoms with Gasteiger partial charge in [-0.3, -0.25) is 9.97 Å². The second kappa shape index (κ2) is 6.53. The summed E-state index contributed by atoms with van der Waals surface area (Å²) in [5.41, 5.74) is 5.10. The Morgan fingerprint density at radius 1 is 0.852 bits per heavy atom. The van der Waals surface area contributed by atoms with Crippen LogP contribution in [0, 0.1) is 0 Å². The molecule has 0 unspecified atom stereocenters. The van der Waals surface area contributed by atoms with E-state index >= 15 is 0 Å². The molecular formula is C20H15N7. The number of pyridine rings is 2. The highest BCUT2D eigenvalue weighted by atomic mass is 15.4. The van der Waals surface area contributed by atoms with Gasteiger partial charge in [0.1, 0.15) is 0 Å². The van der Waals surface area contributed by atoms with E-state index in [0.29, 0.717) is 24.3 Å². The van der Waals surface area contributed by atoms with Crippen LogP contribution in [0.2, 0.25) is 0 Å². The van der Waals surface area contributed by atoms with Crippen molar-refractivity contribution in [3.8, 4) is 0 Å². The third kappa shape index (κ3) is 3.10. The molecule has 130 valence electrons. The molecule has 0 saturated carbocycles. The summed E-state index contributed by atoms with van der Waals surface area (Å²) in [5.74, 6) is 0. The van der Waals surface area contributed by atoms with Crippen LogP contribution in [0.15, 0.2) is 67.1 Å². The van der Waals surface area contributed by atoms with Crippen LogP contribution in [0.25, 0.3) is 22.2 Å². The Bertz CT molecular complexity index is 1230. The molecule has 0 aliphatic carbocycles. The first-order valence-corrected chi connectivity index (χ1v) is 8.64. The van der Waals surface area contributed by atoms with Crippen molar-refractivity contribution >= 4 is 22.2 Å². The first-order chi connectivity index (χ1) is 13.3. The molecule has 0 atom stereocenters. The maximum Gasteiger partial charge on any atom is 0.221 e. The fourth-order valence-electron chi connectivity index (χ4n) is 3.07. The van der Waals surface area contributed by atoms with Crippen molar-refractivity contribution in [3.05, 3.63) is 84.1 Å². The van der Waals surface area contributed by atoms with E-state index in [9.17, 15) is 0 Å². The lowest BCUT2D eigenvalue weighted by Crippen LogP contribution is -2.04. The smallest absolute Gasteiger partial charge is 0.221 e. The van der Waals surface area contributed by atoms with Gasteiger partial charge >= 0.3 is 0 Å². The summed E-state index contributed by atoms with van der Waals surface area (Å²) in [4.78, 5) is 17.8. The molecule has 4 heterocycles. The van der Waals surface area contributed by atoms with Crippen molar-refractivity contribution in [2.45, 2.75) is 13.0 Å². The third-order valence-electron chi connectivity index (χ3n) is 4.37. The molecule has 4 aromatic heterocycles. The summed E-state index contributed by atoms with van der Waals surface area (Å²) >= 11 is 0. The van der Waals surface area contributed by atoms with Crippen molar-refractivity contribution in [2.24, 2.45) is 0 Å². The topological polar surface area (TPSA) is 82.3 Å². The van der Waals surface area contributed by atoms with Gasteiger partial charge in [-0.25, -0.2) is 14.6 Å². The highest BCUT2D eigenvalue weighted by Crippen LogP contribution is 2.16. The fourth-order valence-corrected chi connectivity index (χ4v) is 3.07. The standard InChI is InChI=1S/C20H15N7/c1-2-8-21-16(5-1)11-17-12-23-19-20(24-17)27(26-25-19)13-14-6-7-18-15(10-14)4-3-9-22-18/h1-10,12H,11,13H2. The average Bonchev–Trinajstić information content (AvgIpc) is 3.11. The SMILES string of the molecule is c1ccc(Cc2cnc3nnn(Cc4ccc5ncccc5c4)c3n2)nc1. The molecular weight excluding hydrogens is 338 g/mol. The van der Waals surface area contributed by atoms with Gasteiger partial charge in [-0.15, -0.1) is 5.10 Å². The number of fused-ring (bicyclic) bond motifs is 2. The van der Waals surface area contributed by atoms with Crippen LogP contribution in [0.4, 0.5) is 0 Å². The minimum atomic E-state index is 0.544. The Hall–Kier alpha value is -3.74. The highest BCUT2D eigenvalue weighted by Gasteiger charge is 2.10. The summed E-state index contributed by atoms with van der Waals surface area (Å²) in [6.45, 7) is 0.572. The van der Waals surface area contributed by atoms with Crippen LogP contribution in [0.5, 0.6) is 0 Å². The number of nitrogens with zero attached hydrogens (tertiary/aromatic N) is 7. The van der Waals surface area contributed by atoms with Crippen molar-refractivity contribution in [1.29, 1.82) is 0 Å². The van der Waals surface area contributed by atoms with Gasteiger partial charge in [0.05, 0.1) is 24.0 Å². The predicted molar refractivity (Wildman–Crippen MR) is 101 cm³/mol. The number of aromatic nitrogens is 7. The minimum Gasteiger partial charge on any atom is -0.261 e. The monoisotopic (exact) mass is 353 g/mol. The molecule has 0 amide bonds. The molecule has 7 heteroatoms. The van der Waals surface area contributed by atoms with E-state index in [4.69, 9.17) is 4.98 Å². The Labute approximate surface area is 154 Å². The van der Waals surface area contributed by atoms with Gasteiger partial charge in [0, 0.05) is 29.9 Å². The summed E-state index contributed by atoms with van der Waals surface area (Å²) in [7, 11) is 0. The van der Waals surface area contributed by atoms with Gasteiger partial charge in [-0.05, 0) is 35.9 Å². The zero-order valence-electron chi connectivity index (χ0n) is 14.4. The number of hydrogen-bond donors (Lipinski definition) is 0. The van der Waals surface area contributed by atoms with Crippen molar-refractivity contribution in [3.63, 3.8) is 0 Å². The summed E-state index contributed by atoms with van der Waals surface area (Å²) < 4.78 is 1.78. The van der Waals surface area contributed by atoms with Gasteiger partial charge in [0.15, 0.2) is 5.65 Å². The lowest BCUT2D eigenvalue weighted by atomic mass is 10.1. The summed E-state index contributed by atoms with van der Waals surface area (Å²) in [5, 5.41) is 9.46. The van der Waals surface area contributed by atoms with Gasteiger partial charge in [-0.1, -0.05) is 23.4 Å². The van der Waals surface area contributed by atoms with Crippen molar-refractivity contribution < 1.29 is 0 Å². The van der Waals surface area contributed by atoms with E-state index in [-0.39, 0.29) is 0 Å². The van der Waals surface area contributed by atoms with Crippen LogP contribution < -0.4 is 0 Å². The van der Waals surface area contributed by atoms with Gasteiger partial charge in [0.2, 0.25) is 5.65 Å². The van der Waals surface area contributed by atoms with E-state index in [1.165, 1.54) is 0 Å². The zero-order valence-corrected chi connectivity index (χ0v) is 14.4. The summed E-state index contributed by atoms with van der Waals surface area (Å²) in [6, 6.07) is 16.0. The molecule has 7 nitrogen and oxygen atoms in total. The number of hydrogen-bond acceptors (Lipinski definition) is 6. The second-order valence-electron chi connectivity index (χ2n) is 6.28. The molecule has 0 bridgehead atoms. The maximum atomic E-state index is 4.71. The van der Waals surface area contributed by atoms with Crippen LogP contribution in [-0.4, -0.2) is 34.9 Å². The highest BCUT2D eigenvalue weighted by molar-refractivity contribution is 5.79. The van der Waals surface area contributed by atoms with E-state index < -0.39 is 0 Å². The molecule has 5 rings (SSSR count). The van der Waals surface area contributed by atoms with E-state index in [2.05, 4.69) is 37.4 Å². The molecule has 0 aliphatic rings. The molecule has 0 spiro atoms. The van der Waals surface area contributed by atoms with Crippen molar-refractivity contribution in [2.75, 3.05) is 0 Å². The van der Waals surface area contributed by atoms with Gasteiger partial charge in [0.25, 0.3) is 0 Å². The molecule has 0 fully saturated rings. The lowest BCUT2D eigenvalue weighted by molar-refractivity contribution is 0.663. The lowest BCUT2D eigenvalue weighted by Gasteiger charge is -2.05. The third-order valence-corrected chi connectivity index (χ3v) is 4.37. The zero-order chi connectivity index (χ0) is 18.1. The second-order valence-corrected chi connectivity index (χ2v) is 6.28. The Balaban J connectivity index is 1.48. The van der Waals surface area contributed by atoms with Crippen LogP contribution in [0.1, 0.15) is 17.0 Å². The van der Waals surface area contributed by atoms with Crippen LogP contribution in [0.3, 0.4) is 0 Å². The minimum absolute atomic E-state index is 0.544. The molecule has 27 heavy (non-hydrogen) atoms. The average molecular weight is 353 g/mol. The quantitative estimate of drug-likeness (QED) is 0.494. The van der Waals surface area contributed by atoms with E-state index in [1.807, 2.05) is 36.4 Å². The van der Waals surface area contributed by atoms with Crippen LogP contribution in [-0.2, 0) is 13.0 Å². The fraction of sp³-hybridized carbons (Fsp3) is 0.100. The predicted octanol–water partition coefficient (Wildman–Crippen LogP) is 2.80. The Morgan fingerprint density at radius 2 is 1.81 bits per heavy atom. The maximum absolute atomic E-state index is 4.71. The molecule has 5 aromatic rings. The molecule has 0 aliphatic heterocycles. The Morgan fingerprint density at radius 3 is 2.74 bits per heavy atom. The van der Waals surface area contributed by atoms with Crippen molar-refractivity contribution in [1.82, 2.24) is 34.9 Å². The van der Waals surface area contributed by atoms with E-state index in [0.717, 1.165) is 27.9 Å². The molecule has 0 radical (unpaired) electrons. The molecule has 0 saturated heterocycles. The first-order valence-electron chi connectivity index (χ1n) is 8.64. The van der Waals surface area contributed by atoms with E-state index in [1.54, 1.807) is 23.3 Å². The van der Waals surface area contributed by atoms with Crippen LogP contribution >= 0.6 is 0 Å². The van der Waals surface area contributed by atoms with Gasteiger partial charge in [-0.2, -0.15) is 0 Å². The first kappa shape index (κ1) is 15.5. The summed E-state index contributed by atoms with van der Waals surface area (Å²) in [6.07, 6.45) is 5.93. The normalized spacial score (nSPS) is 11.3.